The molecule has 0 saturated carbocycles. The highest BCUT2D eigenvalue weighted by molar-refractivity contribution is 5.56. The summed E-state index contributed by atoms with van der Waals surface area (Å²) in [4.78, 5) is 1.55. The molecule has 0 fully saturated rings. The summed E-state index contributed by atoms with van der Waals surface area (Å²) in [5, 5.41) is 3.57. The minimum Gasteiger partial charge on any atom is -0.313 e. The SMILES string of the molecule is CCCCN1C=NNC1F. The quantitative estimate of drug-likeness (QED) is 0.597. The van der Waals surface area contributed by atoms with E-state index in [4.69, 9.17) is 0 Å². The van der Waals surface area contributed by atoms with Crippen LogP contribution in [0.2, 0.25) is 0 Å². The topological polar surface area (TPSA) is 27.6 Å². The van der Waals surface area contributed by atoms with Crippen LogP contribution in [0.1, 0.15) is 19.8 Å². The molecule has 0 aromatic heterocycles. The zero-order valence-electron chi connectivity index (χ0n) is 6.05. The Kier molecular flexibility index (Phi) is 2.48. The number of hydrazone groups is 1. The van der Waals surface area contributed by atoms with E-state index >= 15 is 0 Å². The van der Waals surface area contributed by atoms with Crippen LogP contribution in [0.15, 0.2) is 5.10 Å². The van der Waals surface area contributed by atoms with Crippen molar-refractivity contribution in [1.29, 1.82) is 0 Å². The van der Waals surface area contributed by atoms with Crippen LogP contribution in [-0.2, 0) is 0 Å². The molecule has 0 saturated heterocycles. The first-order chi connectivity index (χ1) is 4.84. The maximum atomic E-state index is 12.6. The average molecular weight is 145 g/mol. The molecule has 0 aromatic rings. The fraction of sp³-hybridized carbons (Fsp3) is 0.833. The summed E-state index contributed by atoms with van der Waals surface area (Å²) < 4.78 is 12.6. The van der Waals surface area contributed by atoms with E-state index in [2.05, 4.69) is 17.5 Å². The summed E-state index contributed by atoms with van der Waals surface area (Å²) in [5.41, 5.74) is 2.31. The van der Waals surface area contributed by atoms with Gasteiger partial charge in [-0.1, -0.05) is 13.3 Å². The van der Waals surface area contributed by atoms with Gasteiger partial charge in [-0.25, -0.2) is 0 Å². The van der Waals surface area contributed by atoms with Crippen molar-refractivity contribution in [1.82, 2.24) is 10.3 Å². The number of rotatable bonds is 3. The third-order valence-electron chi connectivity index (χ3n) is 1.45. The number of alkyl halides is 1. The lowest BCUT2D eigenvalue weighted by molar-refractivity contribution is 0.142. The van der Waals surface area contributed by atoms with Crippen LogP contribution in [-0.4, -0.2) is 24.2 Å². The summed E-state index contributed by atoms with van der Waals surface area (Å²) in [6, 6.07) is 0. The highest BCUT2D eigenvalue weighted by Crippen LogP contribution is 2.02. The molecule has 4 heteroatoms. The Morgan fingerprint density at radius 3 is 3.10 bits per heavy atom. The van der Waals surface area contributed by atoms with Crippen LogP contribution in [0.25, 0.3) is 0 Å². The first kappa shape index (κ1) is 7.31. The Morgan fingerprint density at radius 1 is 1.80 bits per heavy atom. The third-order valence-corrected chi connectivity index (χ3v) is 1.45. The summed E-state index contributed by atoms with van der Waals surface area (Å²) in [5.74, 6) is 0. The Morgan fingerprint density at radius 2 is 2.60 bits per heavy atom. The normalized spacial score (nSPS) is 23.4. The smallest absolute Gasteiger partial charge is 0.262 e. The molecular weight excluding hydrogens is 133 g/mol. The second-order valence-electron chi connectivity index (χ2n) is 2.30. The van der Waals surface area contributed by atoms with Gasteiger partial charge in [0.1, 0.15) is 6.34 Å². The fourth-order valence-corrected chi connectivity index (χ4v) is 0.813. The zero-order valence-corrected chi connectivity index (χ0v) is 6.05. The molecule has 0 aliphatic carbocycles. The largest absolute Gasteiger partial charge is 0.313 e. The first-order valence-electron chi connectivity index (χ1n) is 3.53. The Labute approximate surface area is 59.9 Å². The predicted octanol–water partition coefficient (Wildman–Crippen LogP) is 0.888. The number of nitrogens with zero attached hydrogens (tertiary/aromatic N) is 2. The monoisotopic (exact) mass is 145 g/mol. The van der Waals surface area contributed by atoms with Crippen molar-refractivity contribution in [2.24, 2.45) is 5.10 Å². The standard InChI is InChI=1S/C6H12FN3/c1-2-3-4-10-5-8-9-6(10)7/h5-6,9H,2-4H2,1H3. The van der Waals surface area contributed by atoms with Crippen molar-refractivity contribution in [3.05, 3.63) is 0 Å². The molecule has 58 valence electrons. The number of unbranched alkanes of at least 4 members (excludes halogenated alkanes) is 1. The molecule has 1 rings (SSSR count). The minimum atomic E-state index is -1.11. The molecule has 0 bridgehead atoms. The predicted molar refractivity (Wildman–Crippen MR) is 38.1 cm³/mol. The molecule has 1 heterocycles. The van der Waals surface area contributed by atoms with Crippen molar-refractivity contribution in [2.75, 3.05) is 6.54 Å². The lowest BCUT2D eigenvalue weighted by Crippen LogP contribution is -2.33. The van der Waals surface area contributed by atoms with Gasteiger partial charge in [0.05, 0.1) is 0 Å². The second-order valence-corrected chi connectivity index (χ2v) is 2.30. The van der Waals surface area contributed by atoms with Crippen molar-refractivity contribution < 1.29 is 4.39 Å². The Balaban J connectivity index is 2.20. The molecule has 1 unspecified atom stereocenters. The molecule has 1 aliphatic heterocycles. The van der Waals surface area contributed by atoms with Gasteiger partial charge in [-0.3, -0.25) is 5.43 Å². The second kappa shape index (κ2) is 3.39. The highest BCUT2D eigenvalue weighted by Gasteiger charge is 2.16. The van der Waals surface area contributed by atoms with Gasteiger partial charge < -0.3 is 4.90 Å². The summed E-state index contributed by atoms with van der Waals surface area (Å²) >= 11 is 0. The van der Waals surface area contributed by atoms with Gasteiger partial charge >= 0.3 is 0 Å². The van der Waals surface area contributed by atoms with E-state index < -0.39 is 6.42 Å². The summed E-state index contributed by atoms with van der Waals surface area (Å²) in [6.45, 7) is 2.82. The van der Waals surface area contributed by atoms with Crippen molar-refractivity contribution >= 4 is 6.34 Å². The molecule has 0 spiro atoms. The number of hydrogen-bond donors (Lipinski definition) is 1. The van der Waals surface area contributed by atoms with E-state index in [9.17, 15) is 4.39 Å². The zero-order chi connectivity index (χ0) is 7.40. The molecule has 0 amide bonds. The van der Waals surface area contributed by atoms with E-state index in [1.165, 1.54) is 6.34 Å². The van der Waals surface area contributed by atoms with Crippen molar-refractivity contribution in [3.8, 4) is 0 Å². The Bertz CT molecular complexity index is 126. The minimum absolute atomic E-state index is 0.744. The number of nitrogens with one attached hydrogen (secondary N) is 1. The molecule has 3 nitrogen and oxygen atoms in total. The third kappa shape index (κ3) is 1.59. The fourth-order valence-electron chi connectivity index (χ4n) is 0.813. The highest BCUT2D eigenvalue weighted by atomic mass is 19.1. The van der Waals surface area contributed by atoms with Crippen LogP contribution in [0.3, 0.4) is 0 Å². The maximum absolute atomic E-state index is 12.6. The lowest BCUT2D eigenvalue weighted by Gasteiger charge is -2.15. The Hall–Kier alpha value is -0.800. The van der Waals surface area contributed by atoms with E-state index in [0.29, 0.717) is 0 Å². The van der Waals surface area contributed by atoms with Crippen LogP contribution >= 0.6 is 0 Å². The van der Waals surface area contributed by atoms with Crippen LogP contribution in [0.4, 0.5) is 4.39 Å². The molecule has 1 aliphatic rings. The van der Waals surface area contributed by atoms with E-state index in [1.54, 1.807) is 4.90 Å². The van der Waals surface area contributed by atoms with E-state index in [-0.39, 0.29) is 0 Å². The van der Waals surface area contributed by atoms with Crippen molar-refractivity contribution in [2.45, 2.75) is 26.2 Å². The van der Waals surface area contributed by atoms with Gasteiger partial charge in [0.15, 0.2) is 0 Å². The van der Waals surface area contributed by atoms with Gasteiger partial charge in [0.2, 0.25) is 0 Å². The van der Waals surface area contributed by atoms with Gasteiger partial charge in [-0.05, 0) is 6.42 Å². The molecule has 10 heavy (non-hydrogen) atoms. The molecule has 0 aromatic carbocycles. The van der Waals surface area contributed by atoms with Crippen LogP contribution in [0.5, 0.6) is 0 Å². The molecule has 0 radical (unpaired) electrons. The van der Waals surface area contributed by atoms with Crippen molar-refractivity contribution in [3.63, 3.8) is 0 Å². The lowest BCUT2D eigenvalue weighted by atomic mass is 10.3. The number of halogens is 1. The maximum Gasteiger partial charge on any atom is 0.262 e. The molecule has 1 atom stereocenters. The van der Waals surface area contributed by atoms with Gasteiger partial charge in [-0.2, -0.15) is 9.49 Å². The van der Waals surface area contributed by atoms with Crippen LogP contribution in [0, 0.1) is 0 Å². The van der Waals surface area contributed by atoms with Gasteiger partial charge in [0.25, 0.3) is 6.42 Å². The number of hydrogen-bond acceptors (Lipinski definition) is 3. The summed E-state index contributed by atoms with van der Waals surface area (Å²) in [7, 11) is 0. The van der Waals surface area contributed by atoms with Gasteiger partial charge in [0, 0.05) is 6.54 Å². The first-order valence-corrected chi connectivity index (χ1v) is 3.53. The molecular formula is C6H12FN3. The average Bonchev–Trinajstić information content (AvgIpc) is 2.31. The van der Waals surface area contributed by atoms with Gasteiger partial charge in [-0.15, -0.1) is 0 Å². The van der Waals surface area contributed by atoms with E-state index in [1.807, 2.05) is 0 Å². The van der Waals surface area contributed by atoms with E-state index in [0.717, 1.165) is 19.4 Å². The summed E-state index contributed by atoms with van der Waals surface area (Å²) in [6.07, 6.45) is 2.48. The van der Waals surface area contributed by atoms with Crippen LogP contribution < -0.4 is 5.43 Å². The molecule has 1 N–H and O–H groups in total.